The molecule has 0 fully saturated rings. The zero-order valence-electron chi connectivity index (χ0n) is 12.8. The number of hydrogen-bond donors (Lipinski definition) is 0. The SMILES string of the molecule is COCCn1c(=NC(=O)c2ccccc2Br)sc2cccc(F)c21. The Labute approximate surface area is 150 Å². The van der Waals surface area contributed by atoms with Crippen molar-refractivity contribution in [3.05, 3.63) is 63.1 Å². The zero-order chi connectivity index (χ0) is 17.1. The molecule has 7 heteroatoms. The highest BCUT2D eigenvalue weighted by Crippen LogP contribution is 2.21. The lowest BCUT2D eigenvalue weighted by atomic mass is 10.2. The summed E-state index contributed by atoms with van der Waals surface area (Å²) in [7, 11) is 1.58. The third kappa shape index (κ3) is 3.33. The van der Waals surface area contributed by atoms with E-state index in [0.717, 1.165) is 4.70 Å². The molecule has 0 saturated carbocycles. The minimum Gasteiger partial charge on any atom is -0.383 e. The Morgan fingerprint density at radius 1 is 1.29 bits per heavy atom. The Balaban J connectivity index is 2.16. The van der Waals surface area contributed by atoms with Crippen LogP contribution in [0.15, 0.2) is 51.9 Å². The first-order valence-corrected chi connectivity index (χ1v) is 8.83. The minimum atomic E-state index is -0.374. The van der Waals surface area contributed by atoms with E-state index in [9.17, 15) is 9.18 Å². The average Bonchev–Trinajstić information content (AvgIpc) is 2.91. The van der Waals surface area contributed by atoms with E-state index < -0.39 is 0 Å². The molecule has 0 bridgehead atoms. The second-order valence-corrected chi connectivity index (χ2v) is 6.88. The Hall–Kier alpha value is -1.83. The molecule has 1 aromatic heterocycles. The second-order valence-electron chi connectivity index (χ2n) is 5.01. The predicted molar refractivity (Wildman–Crippen MR) is 95.7 cm³/mol. The Bertz CT molecular complexity index is 965. The molecule has 0 saturated heterocycles. The van der Waals surface area contributed by atoms with Crippen molar-refractivity contribution in [1.29, 1.82) is 0 Å². The summed E-state index contributed by atoms with van der Waals surface area (Å²) in [6.45, 7) is 0.816. The van der Waals surface area contributed by atoms with E-state index >= 15 is 0 Å². The summed E-state index contributed by atoms with van der Waals surface area (Å²) in [4.78, 5) is 17.2. The lowest BCUT2D eigenvalue weighted by molar-refractivity contribution is 0.0996. The number of rotatable bonds is 4. The first-order chi connectivity index (χ1) is 11.6. The Morgan fingerprint density at radius 2 is 2.08 bits per heavy atom. The second kappa shape index (κ2) is 7.38. The first-order valence-electron chi connectivity index (χ1n) is 7.22. The normalized spacial score (nSPS) is 12.0. The molecule has 0 aliphatic carbocycles. The van der Waals surface area contributed by atoms with Crippen LogP contribution >= 0.6 is 27.3 Å². The highest BCUT2D eigenvalue weighted by Gasteiger charge is 2.13. The quantitative estimate of drug-likeness (QED) is 0.654. The number of ether oxygens (including phenoxy) is 1. The van der Waals surface area contributed by atoms with Gasteiger partial charge >= 0.3 is 0 Å². The van der Waals surface area contributed by atoms with Crippen molar-refractivity contribution in [3.63, 3.8) is 0 Å². The molecule has 24 heavy (non-hydrogen) atoms. The lowest BCUT2D eigenvalue weighted by Crippen LogP contribution is -2.20. The number of halogens is 2. The van der Waals surface area contributed by atoms with Crippen LogP contribution in [0.25, 0.3) is 10.2 Å². The first kappa shape index (κ1) is 17.0. The molecular weight excluding hydrogens is 395 g/mol. The summed E-state index contributed by atoms with van der Waals surface area (Å²) >= 11 is 4.63. The fraction of sp³-hybridized carbons (Fsp3) is 0.176. The lowest BCUT2D eigenvalue weighted by Gasteiger charge is -2.05. The van der Waals surface area contributed by atoms with Crippen molar-refractivity contribution in [2.24, 2.45) is 4.99 Å². The van der Waals surface area contributed by atoms with Gasteiger partial charge in [-0.1, -0.05) is 29.5 Å². The van der Waals surface area contributed by atoms with Crippen LogP contribution < -0.4 is 4.80 Å². The van der Waals surface area contributed by atoms with Gasteiger partial charge in [0, 0.05) is 18.1 Å². The summed E-state index contributed by atoms with van der Waals surface area (Å²) in [5.74, 6) is -0.713. The highest BCUT2D eigenvalue weighted by molar-refractivity contribution is 9.10. The van der Waals surface area contributed by atoms with Crippen molar-refractivity contribution in [1.82, 2.24) is 4.57 Å². The molecule has 0 N–H and O–H groups in total. The number of methoxy groups -OCH3 is 1. The van der Waals surface area contributed by atoms with Gasteiger partial charge in [-0.15, -0.1) is 0 Å². The van der Waals surface area contributed by atoms with Crippen molar-refractivity contribution in [2.45, 2.75) is 6.54 Å². The third-order valence-corrected chi connectivity index (χ3v) is 5.21. The van der Waals surface area contributed by atoms with Gasteiger partial charge in [-0.3, -0.25) is 4.79 Å². The highest BCUT2D eigenvalue weighted by atomic mass is 79.9. The molecule has 2 aromatic carbocycles. The Kier molecular flexibility index (Phi) is 5.23. The van der Waals surface area contributed by atoms with Crippen LogP contribution in [0.4, 0.5) is 4.39 Å². The molecule has 4 nitrogen and oxygen atoms in total. The number of aromatic nitrogens is 1. The van der Waals surface area contributed by atoms with Gasteiger partial charge < -0.3 is 9.30 Å². The van der Waals surface area contributed by atoms with Crippen molar-refractivity contribution >= 4 is 43.4 Å². The number of thiazole rings is 1. The van der Waals surface area contributed by atoms with Crippen LogP contribution in [-0.4, -0.2) is 24.2 Å². The van der Waals surface area contributed by atoms with Gasteiger partial charge in [-0.25, -0.2) is 4.39 Å². The van der Waals surface area contributed by atoms with Crippen LogP contribution in [0.1, 0.15) is 10.4 Å². The molecule has 0 radical (unpaired) electrons. The van der Waals surface area contributed by atoms with Gasteiger partial charge in [0.05, 0.1) is 22.4 Å². The Morgan fingerprint density at radius 3 is 2.83 bits per heavy atom. The number of amides is 1. The number of carbonyl (C=O) groups excluding carboxylic acids is 1. The van der Waals surface area contributed by atoms with Crippen molar-refractivity contribution in [2.75, 3.05) is 13.7 Å². The molecule has 0 unspecified atom stereocenters. The van der Waals surface area contributed by atoms with E-state index in [0.29, 0.717) is 33.5 Å². The molecule has 1 heterocycles. The van der Waals surface area contributed by atoms with E-state index in [1.165, 1.54) is 17.4 Å². The summed E-state index contributed by atoms with van der Waals surface area (Å²) in [6.07, 6.45) is 0. The van der Waals surface area contributed by atoms with Gasteiger partial charge in [0.2, 0.25) is 0 Å². The number of carbonyl (C=O) groups is 1. The monoisotopic (exact) mass is 408 g/mol. The molecule has 3 aromatic rings. The maximum atomic E-state index is 14.2. The maximum Gasteiger partial charge on any atom is 0.280 e. The standard InChI is InChI=1S/C17H14BrFN2O2S/c1-23-10-9-21-15-13(19)7-4-8-14(15)24-17(21)20-16(22)11-5-2-3-6-12(11)18/h2-8H,9-10H2,1H3. The van der Waals surface area contributed by atoms with Crippen LogP contribution in [0.3, 0.4) is 0 Å². The molecule has 1 amide bonds. The summed E-state index contributed by atoms with van der Waals surface area (Å²) in [5, 5.41) is 0. The van der Waals surface area contributed by atoms with Gasteiger partial charge in [0.1, 0.15) is 5.82 Å². The molecule has 3 rings (SSSR count). The van der Waals surface area contributed by atoms with E-state index in [-0.39, 0.29) is 11.7 Å². The number of fused-ring (bicyclic) bond motifs is 1. The van der Waals surface area contributed by atoms with Gasteiger partial charge in [-0.2, -0.15) is 4.99 Å². The van der Waals surface area contributed by atoms with E-state index in [2.05, 4.69) is 20.9 Å². The number of nitrogens with zero attached hydrogens (tertiary/aromatic N) is 2. The largest absolute Gasteiger partial charge is 0.383 e. The van der Waals surface area contributed by atoms with Crippen molar-refractivity contribution in [3.8, 4) is 0 Å². The molecule has 0 aliphatic heterocycles. The van der Waals surface area contributed by atoms with Crippen LogP contribution in [0.5, 0.6) is 0 Å². The predicted octanol–water partition coefficient (Wildman–Crippen LogP) is 3.99. The number of hydrogen-bond acceptors (Lipinski definition) is 3. The molecule has 0 aliphatic rings. The van der Waals surface area contributed by atoms with Gasteiger partial charge in [-0.05, 0) is 40.2 Å². The van der Waals surface area contributed by atoms with E-state index in [1.807, 2.05) is 12.1 Å². The van der Waals surface area contributed by atoms with Gasteiger partial charge in [0.15, 0.2) is 4.80 Å². The minimum absolute atomic E-state index is 0.338. The van der Waals surface area contributed by atoms with Gasteiger partial charge in [0.25, 0.3) is 5.91 Å². The summed E-state index contributed by atoms with van der Waals surface area (Å²) < 4.78 is 22.4. The molecule has 124 valence electrons. The molecule has 0 spiro atoms. The van der Waals surface area contributed by atoms with E-state index in [4.69, 9.17) is 4.74 Å². The van der Waals surface area contributed by atoms with Crippen LogP contribution in [0.2, 0.25) is 0 Å². The fourth-order valence-corrected chi connectivity index (χ4v) is 3.87. The summed E-state index contributed by atoms with van der Waals surface area (Å²) in [6, 6.07) is 11.9. The smallest absolute Gasteiger partial charge is 0.280 e. The molecule has 0 atom stereocenters. The maximum absolute atomic E-state index is 14.2. The average molecular weight is 409 g/mol. The number of para-hydroxylation sites is 1. The van der Waals surface area contributed by atoms with Crippen LogP contribution in [0, 0.1) is 5.82 Å². The number of benzene rings is 2. The van der Waals surface area contributed by atoms with Crippen LogP contribution in [-0.2, 0) is 11.3 Å². The van der Waals surface area contributed by atoms with Crippen molar-refractivity contribution < 1.29 is 13.9 Å². The topological polar surface area (TPSA) is 43.6 Å². The molecular formula is C17H14BrFN2O2S. The van der Waals surface area contributed by atoms with E-state index in [1.54, 1.807) is 35.9 Å². The fourth-order valence-electron chi connectivity index (χ4n) is 2.34. The zero-order valence-corrected chi connectivity index (χ0v) is 15.2. The summed E-state index contributed by atoms with van der Waals surface area (Å²) in [5.41, 5.74) is 0.909. The third-order valence-electron chi connectivity index (χ3n) is 3.47.